The van der Waals surface area contributed by atoms with Crippen molar-refractivity contribution >= 4 is 29.1 Å². The lowest BCUT2D eigenvalue weighted by Gasteiger charge is -2.41. The predicted molar refractivity (Wildman–Crippen MR) is 122 cm³/mol. The Hall–Kier alpha value is -1.84. The van der Waals surface area contributed by atoms with Crippen molar-refractivity contribution < 1.29 is 9.18 Å². The number of carbonyl (C=O) groups is 1. The van der Waals surface area contributed by atoms with E-state index in [-0.39, 0.29) is 29.7 Å². The Morgan fingerprint density at radius 3 is 2.14 bits per heavy atom. The molecule has 1 fully saturated rings. The quantitative estimate of drug-likeness (QED) is 0.440. The molecule has 0 spiro atoms. The molecule has 1 aliphatic heterocycles. The molecule has 1 heterocycles. The molecule has 0 N–H and O–H groups in total. The van der Waals surface area contributed by atoms with Crippen LogP contribution in [0.2, 0.25) is 10.0 Å². The zero-order valence-corrected chi connectivity index (χ0v) is 19.1. The molecular formula is C24H30Cl2FNO. The number of piperidine rings is 1. The number of nitrogens with zero attached hydrogens (tertiary/aromatic N) is 1. The summed E-state index contributed by atoms with van der Waals surface area (Å²) in [5, 5.41) is 1.18. The van der Waals surface area contributed by atoms with Crippen LogP contribution in [0.5, 0.6) is 0 Å². The summed E-state index contributed by atoms with van der Waals surface area (Å²) in [6.07, 6.45) is 3.75. The zero-order valence-electron chi connectivity index (χ0n) is 17.5. The molecule has 3 rings (SSSR count). The second kappa shape index (κ2) is 12.7. The highest BCUT2D eigenvalue weighted by molar-refractivity contribution is 6.30. The molecular weight excluding hydrogens is 408 g/mol. The summed E-state index contributed by atoms with van der Waals surface area (Å²) in [5.74, 6) is 0.129. The highest BCUT2D eigenvalue weighted by atomic mass is 35.5. The Morgan fingerprint density at radius 1 is 1.10 bits per heavy atom. The molecule has 1 aliphatic rings. The van der Waals surface area contributed by atoms with E-state index in [1.807, 2.05) is 43.0 Å². The number of likely N-dealkylation sites (tertiary alicyclic amines) is 1. The average Bonchev–Trinajstić information content (AvgIpc) is 2.65. The maximum Gasteiger partial charge on any atom is 0.226 e. The van der Waals surface area contributed by atoms with E-state index in [0.29, 0.717) is 5.02 Å². The topological polar surface area (TPSA) is 20.3 Å². The number of hydrogen-bond donors (Lipinski definition) is 0. The van der Waals surface area contributed by atoms with Crippen LogP contribution in [0.3, 0.4) is 0 Å². The van der Waals surface area contributed by atoms with Gasteiger partial charge in [-0.3, -0.25) is 4.79 Å². The van der Waals surface area contributed by atoms with Gasteiger partial charge in [-0.25, -0.2) is 4.39 Å². The van der Waals surface area contributed by atoms with Gasteiger partial charge in [-0.15, -0.1) is 6.58 Å². The third kappa shape index (κ3) is 8.20. The molecule has 2 aromatic rings. The lowest BCUT2D eigenvalue weighted by atomic mass is 9.88. The van der Waals surface area contributed by atoms with E-state index in [0.717, 1.165) is 17.9 Å². The number of carbonyl (C=O) groups excluding carboxylic acids is 1. The van der Waals surface area contributed by atoms with Crippen molar-refractivity contribution in [2.24, 2.45) is 5.92 Å². The molecule has 1 amide bonds. The Labute approximate surface area is 184 Å². The fourth-order valence-electron chi connectivity index (χ4n) is 3.16. The molecule has 158 valence electrons. The standard InChI is InChI=1S/C15H20ClNO.C6H4ClF.C3H6/c1-10(2)17-14(9-4-11(3)15(17)18)12-5-7-13(16)8-6-12;7-5-2-1-3-6(8)4-5;1-3-2/h5-8,10-11,14H,4,9H2,1-3H3;1-4H;3H,1H2,2H3. The van der Waals surface area contributed by atoms with Crippen molar-refractivity contribution in [2.75, 3.05) is 0 Å². The normalized spacial score (nSPS) is 18.3. The number of allylic oxidation sites excluding steroid dienone is 1. The van der Waals surface area contributed by atoms with Crippen molar-refractivity contribution in [3.05, 3.63) is 82.6 Å². The zero-order chi connectivity index (χ0) is 22.0. The molecule has 1 saturated heterocycles. The fourth-order valence-corrected chi connectivity index (χ4v) is 3.47. The first kappa shape index (κ1) is 25.2. The van der Waals surface area contributed by atoms with Crippen molar-refractivity contribution in [2.45, 2.75) is 52.6 Å². The summed E-state index contributed by atoms with van der Waals surface area (Å²) in [6, 6.07) is 14.1. The Kier molecular flexibility index (Phi) is 11.0. The van der Waals surface area contributed by atoms with Crippen molar-refractivity contribution in [3.8, 4) is 0 Å². The second-order valence-electron chi connectivity index (χ2n) is 7.23. The van der Waals surface area contributed by atoms with Crippen molar-refractivity contribution in [1.82, 2.24) is 4.90 Å². The number of halogens is 3. The number of hydrogen-bond acceptors (Lipinski definition) is 1. The highest BCUT2D eigenvalue weighted by Gasteiger charge is 2.35. The first-order chi connectivity index (χ1) is 13.7. The Bertz CT molecular complexity index is 759. The minimum absolute atomic E-state index is 0.149. The number of amides is 1. The summed E-state index contributed by atoms with van der Waals surface area (Å²) < 4.78 is 12.1. The molecule has 0 aliphatic carbocycles. The van der Waals surface area contributed by atoms with Gasteiger partial charge in [0.1, 0.15) is 5.82 Å². The minimum atomic E-state index is -0.294. The van der Waals surface area contributed by atoms with E-state index in [1.165, 1.54) is 17.7 Å². The fraction of sp³-hybridized carbons (Fsp3) is 0.375. The number of benzene rings is 2. The molecule has 2 aromatic carbocycles. The van der Waals surface area contributed by atoms with E-state index < -0.39 is 0 Å². The van der Waals surface area contributed by atoms with Gasteiger partial charge in [-0.05, 0) is 69.5 Å². The lowest BCUT2D eigenvalue weighted by Crippen LogP contribution is -2.46. The summed E-state index contributed by atoms with van der Waals surface area (Å²) in [6.45, 7) is 11.4. The van der Waals surface area contributed by atoms with Gasteiger partial charge < -0.3 is 4.90 Å². The molecule has 0 aromatic heterocycles. The van der Waals surface area contributed by atoms with Crippen LogP contribution >= 0.6 is 23.2 Å². The highest BCUT2D eigenvalue weighted by Crippen LogP contribution is 2.35. The van der Waals surface area contributed by atoms with Gasteiger partial charge in [0.25, 0.3) is 0 Å². The van der Waals surface area contributed by atoms with Crippen LogP contribution in [-0.2, 0) is 4.79 Å². The Morgan fingerprint density at radius 2 is 1.69 bits per heavy atom. The molecule has 29 heavy (non-hydrogen) atoms. The summed E-state index contributed by atoms with van der Waals surface area (Å²) in [4.78, 5) is 14.3. The predicted octanol–water partition coefficient (Wildman–Crippen LogP) is 7.72. The molecule has 0 saturated carbocycles. The van der Waals surface area contributed by atoms with Gasteiger partial charge >= 0.3 is 0 Å². The number of rotatable bonds is 2. The van der Waals surface area contributed by atoms with Crippen LogP contribution in [-0.4, -0.2) is 16.8 Å². The average molecular weight is 438 g/mol. The third-order valence-electron chi connectivity index (χ3n) is 4.48. The Balaban J connectivity index is 0.000000317. The van der Waals surface area contributed by atoms with E-state index in [2.05, 4.69) is 20.4 Å². The summed E-state index contributed by atoms with van der Waals surface area (Å²) >= 11 is 11.3. The third-order valence-corrected chi connectivity index (χ3v) is 4.97. The summed E-state index contributed by atoms with van der Waals surface area (Å²) in [5.41, 5.74) is 1.19. The van der Waals surface area contributed by atoms with Crippen LogP contribution < -0.4 is 0 Å². The van der Waals surface area contributed by atoms with E-state index in [9.17, 15) is 9.18 Å². The minimum Gasteiger partial charge on any atom is -0.333 e. The molecule has 2 atom stereocenters. The molecule has 0 bridgehead atoms. The monoisotopic (exact) mass is 437 g/mol. The van der Waals surface area contributed by atoms with Gasteiger partial charge in [0, 0.05) is 22.0 Å². The first-order valence-corrected chi connectivity index (χ1v) is 10.5. The van der Waals surface area contributed by atoms with Crippen LogP contribution in [0.1, 0.15) is 52.1 Å². The molecule has 2 nitrogen and oxygen atoms in total. The maximum absolute atomic E-state index is 12.3. The SMILES string of the molecule is C=CC.CC1CCC(c2ccc(Cl)cc2)N(C(C)C)C1=O.Fc1cccc(Cl)c1. The van der Waals surface area contributed by atoms with Gasteiger partial charge in [-0.1, -0.05) is 54.4 Å². The van der Waals surface area contributed by atoms with Gasteiger partial charge in [0.05, 0.1) is 6.04 Å². The lowest BCUT2D eigenvalue weighted by molar-refractivity contribution is -0.143. The van der Waals surface area contributed by atoms with E-state index in [4.69, 9.17) is 23.2 Å². The summed E-state index contributed by atoms with van der Waals surface area (Å²) in [7, 11) is 0. The van der Waals surface area contributed by atoms with Crippen LogP contribution in [0.15, 0.2) is 61.2 Å². The van der Waals surface area contributed by atoms with Gasteiger partial charge in [-0.2, -0.15) is 0 Å². The first-order valence-electron chi connectivity index (χ1n) is 9.77. The maximum atomic E-state index is 12.3. The van der Waals surface area contributed by atoms with Gasteiger partial charge in [0.15, 0.2) is 0 Å². The van der Waals surface area contributed by atoms with Crippen molar-refractivity contribution in [1.29, 1.82) is 0 Å². The molecule has 5 heteroatoms. The molecule has 2 unspecified atom stereocenters. The second-order valence-corrected chi connectivity index (χ2v) is 8.11. The van der Waals surface area contributed by atoms with Crippen molar-refractivity contribution in [3.63, 3.8) is 0 Å². The van der Waals surface area contributed by atoms with Crippen LogP contribution in [0, 0.1) is 11.7 Å². The largest absolute Gasteiger partial charge is 0.333 e. The van der Waals surface area contributed by atoms with E-state index >= 15 is 0 Å². The van der Waals surface area contributed by atoms with E-state index in [1.54, 1.807) is 18.2 Å². The molecule has 0 radical (unpaired) electrons. The smallest absolute Gasteiger partial charge is 0.226 e. The van der Waals surface area contributed by atoms with Crippen LogP contribution in [0.4, 0.5) is 4.39 Å². The van der Waals surface area contributed by atoms with Crippen LogP contribution in [0.25, 0.3) is 0 Å². The van der Waals surface area contributed by atoms with Gasteiger partial charge in [0.2, 0.25) is 5.91 Å².